The zero-order valence-electron chi connectivity index (χ0n) is 15.7. The van der Waals surface area contributed by atoms with E-state index < -0.39 is 10.0 Å². The van der Waals surface area contributed by atoms with Crippen molar-refractivity contribution in [1.29, 1.82) is 0 Å². The third-order valence-electron chi connectivity index (χ3n) is 3.86. The van der Waals surface area contributed by atoms with E-state index in [1.165, 1.54) is 25.3 Å². The van der Waals surface area contributed by atoms with Gasteiger partial charge in [-0.15, -0.1) is 0 Å². The lowest BCUT2D eigenvalue weighted by molar-refractivity contribution is 0.0950. The molecule has 0 aliphatic heterocycles. The third-order valence-corrected chi connectivity index (χ3v) is 5.34. The minimum Gasteiger partial charge on any atom is -0.495 e. The highest BCUT2D eigenvalue weighted by Crippen LogP contribution is 2.24. The minimum absolute atomic E-state index is 0.0592. The van der Waals surface area contributed by atoms with E-state index in [2.05, 4.69) is 10.0 Å². The summed E-state index contributed by atoms with van der Waals surface area (Å²) in [4.78, 5) is 14.2. The lowest BCUT2D eigenvalue weighted by atomic mass is 10.2. The normalized spacial score (nSPS) is 11.4. The number of benzene rings is 2. The van der Waals surface area contributed by atoms with Crippen molar-refractivity contribution < 1.29 is 17.9 Å². The maximum Gasteiger partial charge on any atom is 0.251 e. The van der Waals surface area contributed by atoms with E-state index in [-0.39, 0.29) is 28.7 Å². The van der Waals surface area contributed by atoms with Gasteiger partial charge in [-0.3, -0.25) is 4.79 Å². The van der Waals surface area contributed by atoms with Gasteiger partial charge >= 0.3 is 0 Å². The molecule has 0 fully saturated rings. The van der Waals surface area contributed by atoms with Crippen molar-refractivity contribution in [2.45, 2.75) is 11.4 Å². The minimum atomic E-state index is -3.80. The van der Waals surface area contributed by atoms with Crippen molar-refractivity contribution in [3.63, 3.8) is 0 Å². The van der Waals surface area contributed by atoms with Crippen LogP contribution in [0.2, 0.25) is 0 Å². The third kappa shape index (κ3) is 6.06. The number of ether oxygens (including phenoxy) is 1. The van der Waals surface area contributed by atoms with Crippen LogP contribution in [-0.4, -0.2) is 53.5 Å². The molecule has 0 unspecified atom stereocenters. The summed E-state index contributed by atoms with van der Waals surface area (Å²) in [7, 11) is 1.30. The number of amides is 1. The van der Waals surface area contributed by atoms with Gasteiger partial charge in [0.25, 0.3) is 5.91 Å². The first-order valence-corrected chi connectivity index (χ1v) is 9.96. The summed E-state index contributed by atoms with van der Waals surface area (Å²) in [5.74, 6) is -0.168. The van der Waals surface area contributed by atoms with Gasteiger partial charge in [0.2, 0.25) is 10.0 Å². The molecule has 0 atom stereocenters. The number of methoxy groups -OCH3 is 1. The summed E-state index contributed by atoms with van der Waals surface area (Å²) < 4.78 is 32.9. The highest BCUT2D eigenvalue weighted by atomic mass is 32.2. The first kappa shape index (κ1) is 20.9. The second kappa shape index (κ2) is 9.50. The van der Waals surface area contributed by atoms with E-state index in [4.69, 9.17) is 4.74 Å². The number of rotatable bonds is 9. The Morgan fingerprint density at radius 2 is 1.81 bits per heavy atom. The molecule has 0 aliphatic carbocycles. The largest absolute Gasteiger partial charge is 0.495 e. The van der Waals surface area contributed by atoms with Crippen molar-refractivity contribution in [2.24, 2.45) is 0 Å². The number of hydrogen-bond donors (Lipinski definition) is 2. The highest BCUT2D eigenvalue weighted by Gasteiger charge is 2.21. The van der Waals surface area contributed by atoms with Crippen LogP contribution in [0.5, 0.6) is 5.75 Å². The van der Waals surface area contributed by atoms with Crippen molar-refractivity contribution in [1.82, 2.24) is 14.9 Å². The molecule has 27 heavy (non-hydrogen) atoms. The van der Waals surface area contributed by atoms with E-state index >= 15 is 0 Å². The maximum absolute atomic E-state index is 12.6. The summed E-state index contributed by atoms with van der Waals surface area (Å²) in [5, 5.41) is 2.79. The molecule has 0 bridgehead atoms. The standard InChI is InChI=1S/C19H25N3O4S/c1-22(2)12-11-21-27(24,25)18-13-16(9-10-17(18)26-3)19(23)20-14-15-7-5-4-6-8-15/h4-10,13,21H,11-12,14H2,1-3H3,(H,20,23). The molecular weight excluding hydrogens is 366 g/mol. The fourth-order valence-electron chi connectivity index (χ4n) is 2.39. The molecule has 0 heterocycles. The van der Waals surface area contributed by atoms with E-state index in [1.54, 1.807) is 0 Å². The van der Waals surface area contributed by atoms with Crippen molar-refractivity contribution in [3.05, 3.63) is 59.7 Å². The molecule has 0 saturated carbocycles. The van der Waals surface area contributed by atoms with Crippen LogP contribution in [0.1, 0.15) is 15.9 Å². The Balaban J connectivity index is 2.17. The summed E-state index contributed by atoms with van der Waals surface area (Å²) >= 11 is 0. The average Bonchev–Trinajstić information content (AvgIpc) is 2.66. The van der Waals surface area contributed by atoms with Gasteiger partial charge in [0, 0.05) is 25.2 Å². The second-order valence-corrected chi connectivity index (χ2v) is 7.97. The van der Waals surface area contributed by atoms with Crippen molar-refractivity contribution in [2.75, 3.05) is 34.3 Å². The Kier molecular flexibility index (Phi) is 7.35. The van der Waals surface area contributed by atoms with Crippen LogP contribution in [0.25, 0.3) is 0 Å². The molecule has 0 saturated heterocycles. The summed E-state index contributed by atoms with van der Waals surface area (Å²) in [6.45, 7) is 1.16. The number of nitrogens with one attached hydrogen (secondary N) is 2. The topological polar surface area (TPSA) is 87.7 Å². The van der Waals surface area contributed by atoms with Crippen LogP contribution in [0.15, 0.2) is 53.4 Å². The Morgan fingerprint density at radius 1 is 1.11 bits per heavy atom. The summed E-state index contributed by atoms with van der Waals surface area (Å²) in [6.07, 6.45) is 0. The lowest BCUT2D eigenvalue weighted by Gasteiger charge is -2.14. The summed E-state index contributed by atoms with van der Waals surface area (Å²) in [5.41, 5.74) is 1.21. The Hall–Kier alpha value is -2.42. The Morgan fingerprint density at radius 3 is 2.44 bits per heavy atom. The number of carbonyl (C=O) groups is 1. The van der Waals surface area contributed by atoms with Gasteiger partial charge in [0.15, 0.2) is 0 Å². The van der Waals surface area contributed by atoms with Crippen LogP contribution in [0.4, 0.5) is 0 Å². The van der Waals surface area contributed by atoms with Crippen LogP contribution in [0.3, 0.4) is 0 Å². The summed E-state index contributed by atoms with van der Waals surface area (Å²) in [6, 6.07) is 13.8. The van der Waals surface area contributed by atoms with Crippen LogP contribution >= 0.6 is 0 Å². The number of hydrogen-bond acceptors (Lipinski definition) is 5. The van der Waals surface area contributed by atoms with Gasteiger partial charge in [0.05, 0.1) is 7.11 Å². The molecule has 2 N–H and O–H groups in total. The van der Waals surface area contributed by atoms with Crippen LogP contribution in [-0.2, 0) is 16.6 Å². The number of carbonyl (C=O) groups excluding carboxylic acids is 1. The molecule has 0 aliphatic rings. The SMILES string of the molecule is COc1ccc(C(=O)NCc2ccccc2)cc1S(=O)(=O)NCCN(C)C. The van der Waals surface area contributed by atoms with E-state index in [0.717, 1.165) is 5.56 Å². The fourth-order valence-corrected chi connectivity index (χ4v) is 3.60. The monoisotopic (exact) mass is 391 g/mol. The zero-order valence-corrected chi connectivity index (χ0v) is 16.5. The smallest absolute Gasteiger partial charge is 0.251 e. The predicted molar refractivity (Wildman–Crippen MR) is 104 cm³/mol. The first-order chi connectivity index (χ1) is 12.8. The molecular formula is C19H25N3O4S. The Bertz CT molecular complexity index is 868. The lowest BCUT2D eigenvalue weighted by Crippen LogP contribution is -2.32. The fraction of sp³-hybridized carbons (Fsp3) is 0.316. The number of nitrogens with zero attached hydrogens (tertiary/aromatic N) is 1. The molecule has 1 amide bonds. The van der Waals surface area contributed by atoms with Gasteiger partial charge < -0.3 is 15.0 Å². The molecule has 146 valence electrons. The Labute approximate surface area is 160 Å². The van der Waals surface area contributed by atoms with Gasteiger partial charge in [-0.1, -0.05) is 30.3 Å². The quantitative estimate of drug-likeness (QED) is 0.676. The molecule has 2 rings (SSSR count). The molecule has 8 heteroatoms. The number of likely N-dealkylation sites (N-methyl/N-ethyl adjacent to an activating group) is 1. The van der Waals surface area contributed by atoms with Crippen molar-refractivity contribution >= 4 is 15.9 Å². The molecule has 0 aromatic heterocycles. The highest BCUT2D eigenvalue weighted by molar-refractivity contribution is 7.89. The van der Waals surface area contributed by atoms with Gasteiger partial charge in [0.1, 0.15) is 10.6 Å². The first-order valence-electron chi connectivity index (χ1n) is 8.48. The average molecular weight is 391 g/mol. The maximum atomic E-state index is 12.6. The van der Waals surface area contributed by atoms with Crippen LogP contribution < -0.4 is 14.8 Å². The molecule has 2 aromatic carbocycles. The zero-order chi connectivity index (χ0) is 19.9. The van der Waals surface area contributed by atoms with Gasteiger partial charge in [-0.05, 0) is 37.9 Å². The van der Waals surface area contributed by atoms with Crippen molar-refractivity contribution in [3.8, 4) is 5.75 Å². The molecule has 0 radical (unpaired) electrons. The molecule has 7 nitrogen and oxygen atoms in total. The van der Waals surface area contributed by atoms with E-state index in [1.807, 2.05) is 49.3 Å². The van der Waals surface area contributed by atoms with Gasteiger partial charge in [-0.25, -0.2) is 13.1 Å². The molecule has 2 aromatic rings. The van der Waals surface area contributed by atoms with Crippen LogP contribution in [0, 0.1) is 0 Å². The van der Waals surface area contributed by atoms with E-state index in [9.17, 15) is 13.2 Å². The predicted octanol–water partition coefficient (Wildman–Crippen LogP) is 1.47. The number of sulfonamides is 1. The second-order valence-electron chi connectivity index (χ2n) is 6.23. The van der Waals surface area contributed by atoms with E-state index in [0.29, 0.717) is 13.1 Å². The van der Waals surface area contributed by atoms with Gasteiger partial charge in [-0.2, -0.15) is 0 Å². The molecule has 0 spiro atoms.